The molecule has 90 valence electrons. The van der Waals surface area contributed by atoms with E-state index in [9.17, 15) is 4.79 Å². The van der Waals surface area contributed by atoms with Crippen molar-refractivity contribution < 1.29 is 4.79 Å². The van der Waals surface area contributed by atoms with Crippen LogP contribution in [0.25, 0.3) is 11.1 Å². The van der Waals surface area contributed by atoms with E-state index in [0.29, 0.717) is 0 Å². The van der Waals surface area contributed by atoms with Gasteiger partial charge in [0.1, 0.15) is 0 Å². The van der Waals surface area contributed by atoms with E-state index in [-0.39, 0.29) is 11.8 Å². The molecular weight excluding hydrogens is 224 g/mol. The summed E-state index contributed by atoms with van der Waals surface area (Å²) < 4.78 is 0. The predicted octanol–water partition coefficient (Wildman–Crippen LogP) is 3.10. The average Bonchev–Trinajstić information content (AvgIpc) is 3.25. The molecule has 0 aliphatic heterocycles. The molecule has 2 aromatic rings. The Balaban J connectivity index is 1.92. The first-order valence-electron chi connectivity index (χ1n) is 6.15. The number of pyridine rings is 1. The van der Waals surface area contributed by atoms with E-state index in [4.69, 9.17) is 0 Å². The van der Waals surface area contributed by atoms with Crippen molar-refractivity contribution >= 4 is 11.6 Å². The minimum absolute atomic E-state index is 0.131. The molecule has 1 aromatic carbocycles. The molecule has 0 bridgehead atoms. The Morgan fingerprint density at radius 3 is 2.72 bits per heavy atom. The molecule has 1 aromatic heterocycles. The summed E-state index contributed by atoms with van der Waals surface area (Å²) in [6.07, 6.45) is 5.58. The fourth-order valence-electron chi connectivity index (χ4n) is 1.95. The smallest absolute Gasteiger partial charge is 0.227 e. The van der Waals surface area contributed by atoms with E-state index in [0.717, 1.165) is 29.7 Å². The molecule has 1 N–H and O–H groups in total. The summed E-state index contributed by atoms with van der Waals surface area (Å²) in [6, 6.07) is 11.7. The third kappa shape index (κ3) is 2.25. The number of para-hydroxylation sites is 1. The maximum atomic E-state index is 11.8. The van der Waals surface area contributed by atoms with Crippen LogP contribution in [0.3, 0.4) is 0 Å². The number of carbonyl (C=O) groups excluding carboxylic acids is 1. The molecule has 1 aliphatic carbocycles. The van der Waals surface area contributed by atoms with Gasteiger partial charge in [0.25, 0.3) is 0 Å². The maximum Gasteiger partial charge on any atom is 0.227 e. The highest BCUT2D eigenvalue weighted by molar-refractivity contribution is 5.97. The number of aromatic nitrogens is 1. The van der Waals surface area contributed by atoms with Gasteiger partial charge in [0.15, 0.2) is 0 Å². The van der Waals surface area contributed by atoms with Crippen LogP contribution in [-0.4, -0.2) is 10.9 Å². The second-order valence-electron chi connectivity index (χ2n) is 4.55. The number of amides is 1. The van der Waals surface area contributed by atoms with E-state index in [1.54, 1.807) is 6.20 Å². The van der Waals surface area contributed by atoms with Gasteiger partial charge in [0, 0.05) is 35.1 Å². The van der Waals surface area contributed by atoms with Gasteiger partial charge in [-0.25, -0.2) is 0 Å². The molecule has 18 heavy (non-hydrogen) atoms. The van der Waals surface area contributed by atoms with Crippen molar-refractivity contribution in [1.82, 2.24) is 4.98 Å². The highest BCUT2D eigenvalue weighted by Gasteiger charge is 2.29. The third-order valence-electron chi connectivity index (χ3n) is 3.11. The summed E-state index contributed by atoms with van der Waals surface area (Å²) in [7, 11) is 0. The summed E-state index contributed by atoms with van der Waals surface area (Å²) in [5, 5.41) is 3.00. The van der Waals surface area contributed by atoms with Crippen LogP contribution in [-0.2, 0) is 4.79 Å². The van der Waals surface area contributed by atoms with Crippen LogP contribution in [0.5, 0.6) is 0 Å². The van der Waals surface area contributed by atoms with Crippen molar-refractivity contribution in [3.8, 4) is 11.1 Å². The first-order chi connectivity index (χ1) is 8.84. The Labute approximate surface area is 106 Å². The largest absolute Gasteiger partial charge is 0.325 e. The summed E-state index contributed by atoms with van der Waals surface area (Å²) in [5.41, 5.74) is 2.89. The quantitative estimate of drug-likeness (QED) is 0.892. The van der Waals surface area contributed by atoms with Gasteiger partial charge in [-0.2, -0.15) is 0 Å². The van der Waals surface area contributed by atoms with Gasteiger partial charge >= 0.3 is 0 Å². The first-order valence-corrected chi connectivity index (χ1v) is 6.15. The van der Waals surface area contributed by atoms with Crippen LogP contribution < -0.4 is 5.32 Å². The Morgan fingerprint density at radius 2 is 2.00 bits per heavy atom. The molecule has 3 rings (SSSR count). The van der Waals surface area contributed by atoms with Crippen LogP contribution >= 0.6 is 0 Å². The Hall–Kier alpha value is -2.16. The summed E-state index contributed by atoms with van der Waals surface area (Å²) in [6.45, 7) is 0. The molecule has 3 heteroatoms. The van der Waals surface area contributed by atoms with Crippen LogP contribution in [0.4, 0.5) is 5.69 Å². The molecule has 1 amide bonds. The number of nitrogens with zero attached hydrogens (tertiary/aromatic N) is 1. The summed E-state index contributed by atoms with van der Waals surface area (Å²) in [4.78, 5) is 15.9. The Morgan fingerprint density at radius 1 is 1.17 bits per heavy atom. The molecule has 1 aliphatic rings. The topological polar surface area (TPSA) is 42.0 Å². The van der Waals surface area contributed by atoms with Crippen LogP contribution in [0.1, 0.15) is 12.8 Å². The summed E-state index contributed by atoms with van der Waals surface area (Å²) >= 11 is 0. The van der Waals surface area contributed by atoms with Crippen molar-refractivity contribution in [3.05, 3.63) is 48.8 Å². The SMILES string of the molecule is O=C(Nc1ccccc1-c1cccnc1)C1CC1. The zero-order chi connectivity index (χ0) is 12.4. The Bertz CT molecular complexity index is 562. The zero-order valence-electron chi connectivity index (χ0n) is 9.97. The van der Waals surface area contributed by atoms with Crippen molar-refractivity contribution in [1.29, 1.82) is 0 Å². The molecular formula is C15H14N2O. The van der Waals surface area contributed by atoms with E-state index >= 15 is 0 Å². The lowest BCUT2D eigenvalue weighted by molar-refractivity contribution is -0.117. The maximum absolute atomic E-state index is 11.8. The van der Waals surface area contributed by atoms with E-state index < -0.39 is 0 Å². The number of hydrogen-bond donors (Lipinski definition) is 1. The molecule has 0 unspecified atom stereocenters. The highest BCUT2D eigenvalue weighted by atomic mass is 16.2. The second-order valence-corrected chi connectivity index (χ2v) is 4.55. The third-order valence-corrected chi connectivity index (χ3v) is 3.11. The van der Waals surface area contributed by atoms with Gasteiger partial charge in [-0.3, -0.25) is 9.78 Å². The molecule has 0 radical (unpaired) electrons. The summed E-state index contributed by atoms with van der Waals surface area (Å²) in [5.74, 6) is 0.346. The number of carbonyl (C=O) groups is 1. The molecule has 3 nitrogen and oxygen atoms in total. The predicted molar refractivity (Wildman–Crippen MR) is 71.0 cm³/mol. The van der Waals surface area contributed by atoms with Crippen LogP contribution in [0.15, 0.2) is 48.8 Å². The van der Waals surface area contributed by atoms with Crippen molar-refractivity contribution in [2.75, 3.05) is 5.32 Å². The first kappa shape index (κ1) is 11.0. The molecule has 1 saturated carbocycles. The van der Waals surface area contributed by atoms with Crippen molar-refractivity contribution in [2.24, 2.45) is 5.92 Å². The standard InChI is InChI=1S/C15H14N2O/c18-15(11-7-8-11)17-14-6-2-1-5-13(14)12-4-3-9-16-10-12/h1-6,9-11H,7-8H2,(H,17,18). The van der Waals surface area contributed by atoms with E-state index in [2.05, 4.69) is 10.3 Å². The Kier molecular flexibility index (Phi) is 2.81. The van der Waals surface area contributed by atoms with Crippen molar-refractivity contribution in [2.45, 2.75) is 12.8 Å². The molecule has 0 spiro atoms. The van der Waals surface area contributed by atoms with Gasteiger partial charge in [-0.15, -0.1) is 0 Å². The number of rotatable bonds is 3. The lowest BCUT2D eigenvalue weighted by Gasteiger charge is -2.10. The van der Waals surface area contributed by atoms with Gasteiger partial charge in [0.05, 0.1) is 0 Å². The molecule has 1 heterocycles. The number of nitrogens with one attached hydrogen (secondary N) is 1. The molecule has 0 saturated heterocycles. The molecule has 1 fully saturated rings. The van der Waals surface area contributed by atoms with Crippen LogP contribution in [0, 0.1) is 5.92 Å². The number of benzene rings is 1. The van der Waals surface area contributed by atoms with Gasteiger partial charge in [0.2, 0.25) is 5.91 Å². The fourth-order valence-corrected chi connectivity index (χ4v) is 1.95. The average molecular weight is 238 g/mol. The van der Waals surface area contributed by atoms with E-state index in [1.807, 2.05) is 42.6 Å². The molecule has 0 atom stereocenters. The van der Waals surface area contributed by atoms with E-state index in [1.165, 1.54) is 0 Å². The van der Waals surface area contributed by atoms with Crippen LogP contribution in [0.2, 0.25) is 0 Å². The lowest BCUT2D eigenvalue weighted by atomic mass is 10.1. The second kappa shape index (κ2) is 4.61. The highest BCUT2D eigenvalue weighted by Crippen LogP contribution is 2.32. The minimum atomic E-state index is 0.131. The van der Waals surface area contributed by atoms with Gasteiger partial charge < -0.3 is 5.32 Å². The lowest BCUT2D eigenvalue weighted by Crippen LogP contribution is -2.13. The normalized spacial score (nSPS) is 14.2. The monoisotopic (exact) mass is 238 g/mol. The van der Waals surface area contributed by atoms with Crippen molar-refractivity contribution in [3.63, 3.8) is 0 Å². The minimum Gasteiger partial charge on any atom is -0.325 e. The fraction of sp³-hybridized carbons (Fsp3) is 0.200. The number of hydrogen-bond acceptors (Lipinski definition) is 2. The zero-order valence-corrected chi connectivity index (χ0v) is 9.97. The van der Waals surface area contributed by atoms with Gasteiger partial charge in [-0.1, -0.05) is 24.3 Å². The van der Waals surface area contributed by atoms with Gasteiger partial charge in [-0.05, 0) is 25.0 Å². The number of anilines is 1.